The number of benzene rings is 1. The smallest absolute Gasteiger partial charge is 0.152 e. The van der Waals surface area contributed by atoms with Crippen LogP contribution in [0, 0.1) is 0 Å². The molecule has 2 aromatic rings. The Morgan fingerprint density at radius 2 is 2.08 bits per heavy atom. The Balaban J connectivity index is 2.89. The first-order valence-corrected chi connectivity index (χ1v) is 4.04. The summed E-state index contributed by atoms with van der Waals surface area (Å²) in [6, 6.07) is 7.75. The second-order valence-electron chi connectivity index (χ2n) is 2.81. The number of carbonyl (C=O) groups excluding carboxylic acids is 1. The van der Waals surface area contributed by atoms with Gasteiger partial charge in [-0.2, -0.15) is 0 Å². The average Bonchev–Trinajstić information content (AvgIpc) is 2.56. The standard InChI is InChI=1S/C11H9NO/c1-2-12-7-9(8-13)10-5-3-4-6-11(10)12/h2-8H,1H2. The van der Waals surface area contributed by atoms with Gasteiger partial charge in [-0.25, -0.2) is 0 Å². The summed E-state index contributed by atoms with van der Waals surface area (Å²) in [7, 11) is 0. The van der Waals surface area contributed by atoms with Crippen LogP contribution in [0.5, 0.6) is 0 Å². The molecular weight excluding hydrogens is 162 g/mol. The zero-order valence-electron chi connectivity index (χ0n) is 7.10. The zero-order valence-corrected chi connectivity index (χ0v) is 7.10. The maximum absolute atomic E-state index is 10.7. The minimum Gasteiger partial charge on any atom is -0.323 e. The zero-order chi connectivity index (χ0) is 9.26. The van der Waals surface area contributed by atoms with Crippen LogP contribution in [0.1, 0.15) is 10.4 Å². The number of aromatic nitrogens is 1. The van der Waals surface area contributed by atoms with Crippen LogP contribution in [-0.2, 0) is 0 Å². The Hall–Kier alpha value is -1.83. The highest BCUT2D eigenvalue weighted by atomic mass is 16.1. The Kier molecular flexibility index (Phi) is 1.74. The van der Waals surface area contributed by atoms with Gasteiger partial charge in [0.05, 0.1) is 5.52 Å². The van der Waals surface area contributed by atoms with Gasteiger partial charge in [-0.1, -0.05) is 24.8 Å². The number of rotatable bonds is 2. The highest BCUT2D eigenvalue weighted by Crippen LogP contribution is 2.19. The largest absolute Gasteiger partial charge is 0.323 e. The van der Waals surface area contributed by atoms with Crippen molar-refractivity contribution in [2.45, 2.75) is 0 Å². The molecule has 0 aliphatic rings. The van der Waals surface area contributed by atoms with Gasteiger partial charge in [0.25, 0.3) is 0 Å². The molecule has 0 N–H and O–H groups in total. The second kappa shape index (κ2) is 2.90. The lowest BCUT2D eigenvalue weighted by molar-refractivity contribution is 0.112. The molecule has 0 atom stereocenters. The monoisotopic (exact) mass is 171 g/mol. The molecule has 0 bridgehead atoms. The summed E-state index contributed by atoms with van der Waals surface area (Å²) >= 11 is 0. The lowest BCUT2D eigenvalue weighted by Crippen LogP contribution is -1.79. The van der Waals surface area contributed by atoms with Crippen LogP contribution in [0.4, 0.5) is 0 Å². The highest BCUT2D eigenvalue weighted by Gasteiger charge is 2.03. The molecule has 13 heavy (non-hydrogen) atoms. The van der Waals surface area contributed by atoms with E-state index in [0.717, 1.165) is 17.2 Å². The number of para-hydroxylation sites is 1. The molecule has 0 saturated heterocycles. The van der Waals surface area contributed by atoms with E-state index in [4.69, 9.17) is 0 Å². The van der Waals surface area contributed by atoms with E-state index in [0.29, 0.717) is 5.56 Å². The van der Waals surface area contributed by atoms with Crippen LogP contribution < -0.4 is 0 Å². The van der Waals surface area contributed by atoms with Crippen molar-refractivity contribution in [2.75, 3.05) is 0 Å². The molecule has 0 aliphatic carbocycles. The minimum atomic E-state index is 0.704. The summed E-state index contributed by atoms with van der Waals surface area (Å²) < 4.78 is 1.85. The molecule has 2 nitrogen and oxygen atoms in total. The number of fused-ring (bicyclic) bond motifs is 1. The van der Waals surface area contributed by atoms with Crippen molar-refractivity contribution in [3.8, 4) is 0 Å². The van der Waals surface area contributed by atoms with E-state index < -0.39 is 0 Å². The number of aldehydes is 1. The van der Waals surface area contributed by atoms with Crippen LogP contribution in [0.25, 0.3) is 17.1 Å². The Morgan fingerprint density at radius 3 is 2.77 bits per heavy atom. The van der Waals surface area contributed by atoms with Crippen LogP contribution >= 0.6 is 0 Å². The van der Waals surface area contributed by atoms with Crippen LogP contribution in [0.3, 0.4) is 0 Å². The van der Waals surface area contributed by atoms with E-state index in [1.807, 2.05) is 28.8 Å². The van der Waals surface area contributed by atoms with E-state index in [-0.39, 0.29) is 0 Å². The minimum absolute atomic E-state index is 0.704. The maximum atomic E-state index is 10.7. The van der Waals surface area contributed by atoms with Crippen molar-refractivity contribution in [2.24, 2.45) is 0 Å². The summed E-state index contributed by atoms with van der Waals surface area (Å²) in [6.45, 7) is 3.68. The maximum Gasteiger partial charge on any atom is 0.152 e. The van der Waals surface area contributed by atoms with E-state index in [2.05, 4.69) is 6.58 Å². The summed E-state index contributed by atoms with van der Waals surface area (Å²) in [6.07, 6.45) is 4.34. The third-order valence-corrected chi connectivity index (χ3v) is 2.10. The molecule has 64 valence electrons. The summed E-state index contributed by atoms with van der Waals surface area (Å²) in [5.74, 6) is 0. The fourth-order valence-corrected chi connectivity index (χ4v) is 1.48. The molecule has 0 saturated carbocycles. The molecule has 1 aromatic heterocycles. The van der Waals surface area contributed by atoms with Crippen molar-refractivity contribution < 1.29 is 4.79 Å². The fraction of sp³-hybridized carbons (Fsp3) is 0. The summed E-state index contributed by atoms with van der Waals surface area (Å²) in [5, 5.41) is 0.970. The molecule has 0 fully saturated rings. The quantitative estimate of drug-likeness (QED) is 0.636. The van der Waals surface area contributed by atoms with Crippen molar-refractivity contribution in [1.82, 2.24) is 4.57 Å². The van der Waals surface area contributed by atoms with Gasteiger partial charge in [0.2, 0.25) is 0 Å². The number of carbonyl (C=O) groups is 1. The van der Waals surface area contributed by atoms with Gasteiger partial charge in [-0.3, -0.25) is 4.79 Å². The first-order chi connectivity index (χ1) is 6.36. The molecule has 1 heterocycles. The Labute approximate surface area is 76.1 Å². The van der Waals surface area contributed by atoms with Crippen molar-refractivity contribution in [1.29, 1.82) is 0 Å². The van der Waals surface area contributed by atoms with E-state index >= 15 is 0 Å². The lowest BCUT2D eigenvalue weighted by atomic mass is 10.2. The van der Waals surface area contributed by atoms with Gasteiger partial charge in [0.15, 0.2) is 6.29 Å². The van der Waals surface area contributed by atoms with E-state index in [1.165, 1.54) is 0 Å². The molecular formula is C11H9NO. The predicted octanol–water partition coefficient (Wildman–Crippen LogP) is 2.55. The van der Waals surface area contributed by atoms with Gasteiger partial charge in [-0.15, -0.1) is 0 Å². The van der Waals surface area contributed by atoms with Gasteiger partial charge in [-0.05, 0) is 6.07 Å². The molecule has 2 heteroatoms. The fourth-order valence-electron chi connectivity index (χ4n) is 1.48. The molecule has 0 radical (unpaired) electrons. The molecule has 0 unspecified atom stereocenters. The molecule has 1 aromatic carbocycles. The number of hydrogen-bond acceptors (Lipinski definition) is 1. The first kappa shape index (κ1) is 7.80. The Morgan fingerprint density at radius 1 is 1.31 bits per heavy atom. The molecule has 0 spiro atoms. The average molecular weight is 171 g/mol. The highest BCUT2D eigenvalue weighted by molar-refractivity contribution is 5.98. The van der Waals surface area contributed by atoms with Gasteiger partial charge in [0.1, 0.15) is 0 Å². The summed E-state index contributed by atoms with van der Waals surface area (Å²) in [5.41, 5.74) is 1.72. The van der Waals surface area contributed by atoms with Gasteiger partial charge >= 0.3 is 0 Å². The van der Waals surface area contributed by atoms with E-state index in [1.54, 1.807) is 12.4 Å². The lowest BCUT2D eigenvalue weighted by Gasteiger charge is -1.93. The van der Waals surface area contributed by atoms with Crippen LogP contribution in [0.2, 0.25) is 0 Å². The Bertz CT molecular complexity index is 426. The normalized spacial score (nSPS) is 10.2. The van der Waals surface area contributed by atoms with Crippen molar-refractivity contribution in [3.63, 3.8) is 0 Å². The second-order valence-corrected chi connectivity index (χ2v) is 2.81. The molecule has 0 amide bonds. The predicted molar refractivity (Wildman–Crippen MR) is 53.7 cm³/mol. The van der Waals surface area contributed by atoms with E-state index in [9.17, 15) is 4.79 Å². The number of nitrogens with zero attached hydrogens (tertiary/aromatic N) is 1. The molecule has 0 aliphatic heterocycles. The van der Waals surface area contributed by atoms with Crippen LogP contribution in [0.15, 0.2) is 37.0 Å². The SMILES string of the molecule is C=Cn1cc(C=O)c2ccccc21. The number of hydrogen-bond donors (Lipinski definition) is 0. The molecule has 2 rings (SSSR count). The first-order valence-electron chi connectivity index (χ1n) is 4.04. The van der Waals surface area contributed by atoms with Gasteiger partial charge in [0, 0.05) is 23.3 Å². The topological polar surface area (TPSA) is 22.0 Å². The van der Waals surface area contributed by atoms with Crippen molar-refractivity contribution >= 4 is 23.4 Å². The summed E-state index contributed by atoms with van der Waals surface area (Å²) in [4.78, 5) is 10.7. The third kappa shape index (κ3) is 1.07. The third-order valence-electron chi connectivity index (χ3n) is 2.10. The van der Waals surface area contributed by atoms with Gasteiger partial charge < -0.3 is 4.57 Å². The van der Waals surface area contributed by atoms with Crippen LogP contribution in [-0.4, -0.2) is 10.9 Å². The van der Waals surface area contributed by atoms with Crippen molar-refractivity contribution in [3.05, 3.63) is 42.6 Å².